The molecule has 8 nitrogen and oxygen atoms in total. The van der Waals surface area contributed by atoms with Gasteiger partial charge in [0.2, 0.25) is 0 Å². The lowest BCUT2D eigenvalue weighted by Gasteiger charge is -2.46. The van der Waals surface area contributed by atoms with Gasteiger partial charge in [0.25, 0.3) is 17.7 Å². The van der Waals surface area contributed by atoms with Gasteiger partial charge < -0.3 is 9.64 Å². The van der Waals surface area contributed by atoms with Crippen LogP contribution in [-0.2, 0) is 25.1 Å². The van der Waals surface area contributed by atoms with E-state index in [0.29, 0.717) is 0 Å². The number of rotatable bonds is 5. The summed E-state index contributed by atoms with van der Waals surface area (Å²) in [6, 6.07) is 22.4. The van der Waals surface area contributed by atoms with Gasteiger partial charge in [0.15, 0.2) is 12.1 Å². The van der Waals surface area contributed by atoms with E-state index in [4.69, 9.17) is 4.74 Å². The molecule has 3 heterocycles. The topological polar surface area (TPSA) is 101 Å². The molecule has 3 aliphatic heterocycles. The first-order chi connectivity index (χ1) is 18.2. The van der Waals surface area contributed by atoms with Crippen molar-refractivity contribution in [1.29, 1.82) is 0 Å². The van der Waals surface area contributed by atoms with Crippen LogP contribution in [0.5, 0.6) is 0 Å². The number of carbonyl (C=O) groups is 4. The van der Waals surface area contributed by atoms with Crippen LogP contribution in [0.1, 0.15) is 51.8 Å². The van der Waals surface area contributed by atoms with Crippen molar-refractivity contribution in [2.24, 2.45) is 0 Å². The molecular weight excluding hydrogens is 504 g/mol. The van der Waals surface area contributed by atoms with Crippen molar-refractivity contribution in [3.8, 4) is 0 Å². The summed E-state index contributed by atoms with van der Waals surface area (Å²) in [6.07, 6.45) is -0.739. The average Bonchev–Trinajstić information content (AvgIpc) is 3.28. The number of hydrogen-bond acceptors (Lipinski definition) is 6. The Morgan fingerprint density at radius 2 is 1.29 bits per heavy atom. The number of hydrogen-bond donors (Lipinski definition) is 0. The highest BCUT2D eigenvalue weighted by Crippen LogP contribution is 2.47. The molecule has 3 aromatic rings. The molecule has 3 aliphatic rings. The zero-order chi connectivity index (χ0) is 26.8. The second-order valence-electron chi connectivity index (χ2n) is 10.0. The second-order valence-corrected chi connectivity index (χ2v) is 12.2. The standard InChI is InChI=1S/C29H24N2O6S/c1-29(2)23(28(35)37-22(17-11-5-3-6-12-17)18-13-7-4-8-14-18)31-26(34)21(27(31)38(29)36)30-24(32)19-15-9-10-16-20(19)25(30)33/h3-16,21-23,27H,1-2H3/t21-,23-,27-,38?/m0/s1. The largest absolute Gasteiger partial charge is 0.451 e. The molecule has 1 unspecified atom stereocenters. The van der Waals surface area contributed by atoms with Crippen LogP contribution >= 0.6 is 0 Å². The van der Waals surface area contributed by atoms with Crippen LogP contribution in [0.25, 0.3) is 0 Å². The lowest BCUT2D eigenvalue weighted by molar-refractivity contribution is -0.168. The Labute approximate surface area is 221 Å². The SMILES string of the molecule is CC1(C)[C@H](C(=O)OC(c2ccccc2)c2ccccc2)N2C(=O)[C@H](N3C(=O)c4ccccc4C3=O)[C@@H]2S1=O. The molecule has 2 saturated heterocycles. The quantitative estimate of drug-likeness (QED) is 0.287. The monoisotopic (exact) mass is 528 g/mol. The normalized spacial score (nSPS) is 25.3. The first-order valence-electron chi connectivity index (χ1n) is 12.2. The third kappa shape index (κ3) is 3.38. The molecule has 0 bridgehead atoms. The number of nitrogens with zero attached hydrogens (tertiary/aromatic N) is 2. The van der Waals surface area contributed by atoms with Gasteiger partial charge >= 0.3 is 5.97 Å². The molecule has 0 aromatic heterocycles. The molecule has 9 heteroatoms. The Morgan fingerprint density at radius 3 is 1.79 bits per heavy atom. The highest BCUT2D eigenvalue weighted by atomic mass is 32.2. The lowest BCUT2D eigenvalue weighted by atomic mass is 9.94. The number of ether oxygens (including phenoxy) is 1. The summed E-state index contributed by atoms with van der Waals surface area (Å²) in [6.45, 7) is 3.28. The predicted octanol–water partition coefficient (Wildman–Crippen LogP) is 3.06. The van der Waals surface area contributed by atoms with Crippen LogP contribution < -0.4 is 0 Å². The van der Waals surface area contributed by atoms with Gasteiger partial charge in [-0.3, -0.25) is 23.5 Å². The number of carbonyl (C=O) groups excluding carboxylic acids is 4. The van der Waals surface area contributed by atoms with Gasteiger partial charge in [0.05, 0.1) is 26.7 Å². The number of esters is 1. The maximum absolute atomic E-state index is 13.7. The first kappa shape index (κ1) is 24.2. The number of amides is 3. The van der Waals surface area contributed by atoms with Crippen molar-refractivity contribution in [3.63, 3.8) is 0 Å². The second kappa shape index (κ2) is 8.73. The third-order valence-electron chi connectivity index (χ3n) is 7.49. The van der Waals surface area contributed by atoms with E-state index in [0.717, 1.165) is 16.0 Å². The smallest absolute Gasteiger partial charge is 0.331 e. The summed E-state index contributed by atoms with van der Waals surface area (Å²) in [7, 11) is -1.76. The van der Waals surface area contributed by atoms with E-state index in [1.165, 1.54) is 17.0 Å². The predicted molar refractivity (Wildman–Crippen MR) is 138 cm³/mol. The van der Waals surface area contributed by atoms with Crippen LogP contribution in [0.3, 0.4) is 0 Å². The van der Waals surface area contributed by atoms with E-state index >= 15 is 0 Å². The van der Waals surface area contributed by atoms with E-state index in [-0.39, 0.29) is 11.1 Å². The molecule has 3 amide bonds. The number of fused-ring (bicyclic) bond motifs is 2. The highest BCUT2D eigenvalue weighted by molar-refractivity contribution is 7.87. The first-order valence-corrected chi connectivity index (χ1v) is 13.4. The Bertz CT molecular complexity index is 1430. The van der Waals surface area contributed by atoms with Crippen molar-refractivity contribution < 1.29 is 28.1 Å². The van der Waals surface area contributed by atoms with E-state index in [1.54, 1.807) is 26.0 Å². The van der Waals surface area contributed by atoms with Crippen molar-refractivity contribution in [1.82, 2.24) is 9.80 Å². The minimum atomic E-state index is -1.76. The number of benzene rings is 3. The van der Waals surface area contributed by atoms with Gasteiger partial charge in [-0.05, 0) is 37.1 Å². The molecule has 0 N–H and O–H groups in total. The Morgan fingerprint density at radius 1 is 0.816 bits per heavy atom. The van der Waals surface area contributed by atoms with Gasteiger partial charge in [-0.15, -0.1) is 0 Å². The Balaban J connectivity index is 1.31. The maximum Gasteiger partial charge on any atom is 0.331 e. The highest BCUT2D eigenvalue weighted by Gasteiger charge is 2.71. The summed E-state index contributed by atoms with van der Waals surface area (Å²) in [4.78, 5) is 55.5. The fourth-order valence-corrected chi connectivity index (χ4v) is 7.54. The molecule has 2 fully saturated rings. The molecular formula is C29H24N2O6S. The summed E-state index contributed by atoms with van der Waals surface area (Å²) >= 11 is 0. The van der Waals surface area contributed by atoms with Crippen LogP contribution in [0.2, 0.25) is 0 Å². The average molecular weight is 529 g/mol. The molecule has 6 rings (SSSR count). The van der Waals surface area contributed by atoms with Crippen LogP contribution in [0.4, 0.5) is 0 Å². The molecule has 0 radical (unpaired) electrons. The van der Waals surface area contributed by atoms with E-state index in [9.17, 15) is 23.4 Å². The molecule has 0 saturated carbocycles. The van der Waals surface area contributed by atoms with Crippen LogP contribution in [-0.4, -0.2) is 59.9 Å². The number of imide groups is 1. The Hall–Kier alpha value is -4.11. The zero-order valence-corrected chi connectivity index (χ0v) is 21.5. The van der Waals surface area contributed by atoms with Gasteiger partial charge in [0.1, 0.15) is 11.4 Å². The molecule has 0 aliphatic carbocycles. The summed E-state index contributed by atoms with van der Waals surface area (Å²) in [5.74, 6) is -2.49. The summed E-state index contributed by atoms with van der Waals surface area (Å²) < 4.78 is 18.5. The van der Waals surface area contributed by atoms with Crippen molar-refractivity contribution in [2.75, 3.05) is 0 Å². The Kier molecular flexibility index (Phi) is 5.57. The fraction of sp³-hybridized carbons (Fsp3) is 0.241. The van der Waals surface area contributed by atoms with E-state index < -0.39 is 62.8 Å². The fourth-order valence-electron chi connectivity index (χ4n) is 5.58. The van der Waals surface area contributed by atoms with Crippen molar-refractivity contribution >= 4 is 34.5 Å². The van der Waals surface area contributed by atoms with Gasteiger partial charge in [-0.2, -0.15) is 0 Å². The summed E-state index contributed by atoms with van der Waals surface area (Å²) in [5.41, 5.74) is 1.91. The molecule has 0 spiro atoms. The zero-order valence-electron chi connectivity index (χ0n) is 20.6. The van der Waals surface area contributed by atoms with Crippen LogP contribution in [0, 0.1) is 0 Å². The lowest BCUT2D eigenvalue weighted by Crippen LogP contribution is -2.72. The van der Waals surface area contributed by atoms with Gasteiger partial charge in [0, 0.05) is 0 Å². The minimum Gasteiger partial charge on any atom is -0.451 e. The van der Waals surface area contributed by atoms with Crippen molar-refractivity contribution in [2.45, 2.75) is 42.2 Å². The van der Waals surface area contributed by atoms with E-state index in [2.05, 4.69) is 0 Å². The number of β-lactam (4-membered cyclic amide) rings is 1. The summed E-state index contributed by atoms with van der Waals surface area (Å²) in [5, 5.41) is -0.996. The molecule has 38 heavy (non-hydrogen) atoms. The third-order valence-corrected chi connectivity index (χ3v) is 9.68. The molecule has 192 valence electrons. The van der Waals surface area contributed by atoms with Gasteiger partial charge in [-0.1, -0.05) is 72.8 Å². The van der Waals surface area contributed by atoms with Crippen molar-refractivity contribution in [3.05, 3.63) is 107 Å². The van der Waals surface area contributed by atoms with Gasteiger partial charge in [-0.25, -0.2) is 4.79 Å². The molecule has 4 atom stereocenters. The minimum absolute atomic E-state index is 0.205. The van der Waals surface area contributed by atoms with Crippen LogP contribution in [0.15, 0.2) is 84.9 Å². The maximum atomic E-state index is 13.7. The molecule has 3 aromatic carbocycles. The van der Waals surface area contributed by atoms with E-state index in [1.807, 2.05) is 60.7 Å².